The Kier molecular flexibility index (Phi) is 10.3. The van der Waals surface area contributed by atoms with Crippen molar-refractivity contribution in [2.24, 2.45) is 11.8 Å². The van der Waals surface area contributed by atoms with E-state index in [0.717, 1.165) is 0 Å². The Balaban J connectivity index is 0.000000321. The van der Waals surface area contributed by atoms with Crippen LogP contribution in [0.1, 0.15) is 0 Å². The lowest BCUT2D eigenvalue weighted by Gasteiger charge is -2.32. The molecule has 4 atom stereocenters. The Morgan fingerprint density at radius 3 is 1.38 bits per heavy atom. The van der Waals surface area contributed by atoms with Gasteiger partial charge in [0.15, 0.2) is 4.33 Å². The molecule has 1 heterocycles. The third-order valence-electron chi connectivity index (χ3n) is 4.22. The Morgan fingerprint density at radius 2 is 1.10 bits per heavy atom. The largest absolute Gasteiger partial charge is 0.394 e. The third-order valence-corrected chi connectivity index (χ3v) is 8.47. The maximum atomic E-state index is 11.7. The van der Waals surface area contributed by atoms with Gasteiger partial charge in [0, 0.05) is 0 Å². The van der Waals surface area contributed by atoms with E-state index in [-0.39, 0.29) is 36.5 Å². The van der Waals surface area contributed by atoms with Gasteiger partial charge >= 0.3 is 11.9 Å². The van der Waals surface area contributed by atoms with Gasteiger partial charge in [0.2, 0.25) is 0 Å². The van der Waals surface area contributed by atoms with E-state index in [4.69, 9.17) is 90.0 Å². The molecule has 0 aromatic heterocycles. The average Bonchev–Trinajstić information content (AvgIpc) is 3.10. The molecular formula is C15H18Cl6O8. The molecule has 8 nitrogen and oxygen atoms in total. The molecule has 0 amide bonds. The van der Waals surface area contributed by atoms with E-state index in [2.05, 4.69) is 9.47 Å². The molecule has 0 aromatic rings. The molecule has 3 aliphatic rings. The fraction of sp³-hybridized carbons (Fsp3) is 0.733. The fourth-order valence-corrected chi connectivity index (χ4v) is 5.96. The molecule has 14 heteroatoms. The number of cyclic esters (lactones) is 2. The maximum Gasteiger partial charge on any atom is 0.319 e. The number of aliphatic hydroxyl groups excluding tert-OH is 4. The van der Waals surface area contributed by atoms with Crippen molar-refractivity contribution in [3.63, 3.8) is 0 Å². The highest BCUT2D eigenvalue weighted by Crippen LogP contribution is 2.77. The van der Waals surface area contributed by atoms with E-state index in [1.165, 1.54) is 0 Å². The number of halogens is 6. The molecule has 168 valence electrons. The Bertz CT molecular complexity index is 609. The van der Waals surface area contributed by atoms with Crippen LogP contribution in [0.2, 0.25) is 0 Å². The third kappa shape index (κ3) is 4.36. The number of fused-ring (bicyclic) bond motifs is 5. The number of allylic oxidation sites excluding steroid dienone is 2. The Hall–Kier alpha value is 0.420. The smallest absolute Gasteiger partial charge is 0.319 e. The number of carbonyl (C=O) groups excluding carboxylic acids is 2. The summed E-state index contributed by atoms with van der Waals surface area (Å²) in [5.74, 6) is -3.99. The summed E-state index contributed by atoms with van der Waals surface area (Å²) in [5, 5.41) is 31.2. The minimum Gasteiger partial charge on any atom is -0.394 e. The first-order valence-corrected chi connectivity index (χ1v) is 10.3. The molecule has 4 unspecified atom stereocenters. The minimum atomic E-state index is -1.89. The van der Waals surface area contributed by atoms with Gasteiger partial charge in [0.05, 0.1) is 49.7 Å². The van der Waals surface area contributed by atoms with Crippen molar-refractivity contribution in [3.8, 4) is 0 Å². The standard InChI is InChI=1S/C9H2Cl6O3.C4H10O3.C2H6O2/c10-3-4(11)8(13)2-1(5(16)18-6(2)17)7(3,12)9(8,14)15;5-1-3-7-4-2-6;3-1-2-4/h1-2H;5-6H,1-4H2;3-4H,1-2H2. The molecule has 3 rings (SSSR count). The second-order valence-corrected chi connectivity index (χ2v) is 9.10. The molecule has 1 saturated carbocycles. The van der Waals surface area contributed by atoms with Crippen LogP contribution in [0.25, 0.3) is 0 Å². The highest BCUT2D eigenvalue weighted by molar-refractivity contribution is 6.66. The molecule has 2 aliphatic carbocycles. The van der Waals surface area contributed by atoms with Crippen LogP contribution in [-0.4, -0.2) is 86.1 Å². The molecular weight excluding hydrogens is 521 g/mol. The number of hydrogen-bond acceptors (Lipinski definition) is 8. The lowest BCUT2D eigenvalue weighted by Crippen LogP contribution is -2.47. The highest BCUT2D eigenvalue weighted by atomic mass is 35.5. The lowest BCUT2D eigenvalue weighted by molar-refractivity contribution is -0.154. The van der Waals surface area contributed by atoms with Crippen LogP contribution in [0, 0.1) is 11.8 Å². The maximum absolute atomic E-state index is 11.7. The van der Waals surface area contributed by atoms with E-state index in [1.807, 2.05) is 0 Å². The van der Waals surface area contributed by atoms with Gasteiger partial charge in [0.25, 0.3) is 0 Å². The van der Waals surface area contributed by atoms with Gasteiger partial charge in [-0.3, -0.25) is 9.59 Å². The van der Waals surface area contributed by atoms with Crippen molar-refractivity contribution >= 4 is 81.5 Å². The van der Waals surface area contributed by atoms with Crippen molar-refractivity contribution in [1.29, 1.82) is 0 Å². The van der Waals surface area contributed by atoms with E-state index >= 15 is 0 Å². The van der Waals surface area contributed by atoms with Crippen molar-refractivity contribution in [2.75, 3.05) is 39.6 Å². The van der Waals surface area contributed by atoms with Crippen LogP contribution in [0.5, 0.6) is 0 Å². The SMILES string of the molecule is O=C1OC(=O)C2C1C1(Cl)C(Cl)=C(Cl)C2(Cl)C1(Cl)Cl.OCCO.OCCOCCO. The molecule has 0 radical (unpaired) electrons. The number of alkyl halides is 4. The Labute approximate surface area is 196 Å². The van der Waals surface area contributed by atoms with Gasteiger partial charge in [0.1, 0.15) is 21.6 Å². The summed E-state index contributed by atoms with van der Waals surface area (Å²) in [6.07, 6.45) is 0. The van der Waals surface area contributed by atoms with Gasteiger partial charge < -0.3 is 29.9 Å². The molecule has 0 spiro atoms. The predicted molar refractivity (Wildman–Crippen MR) is 108 cm³/mol. The second-order valence-electron chi connectivity index (χ2n) is 5.83. The molecule has 2 bridgehead atoms. The summed E-state index contributed by atoms with van der Waals surface area (Å²) in [6.45, 7) is 0.446. The number of ether oxygens (including phenoxy) is 2. The topological polar surface area (TPSA) is 134 Å². The van der Waals surface area contributed by atoms with Crippen LogP contribution in [-0.2, 0) is 19.1 Å². The first kappa shape index (κ1) is 27.5. The van der Waals surface area contributed by atoms with E-state index in [0.29, 0.717) is 13.2 Å². The number of rotatable bonds is 5. The van der Waals surface area contributed by atoms with Crippen molar-refractivity contribution in [2.45, 2.75) is 14.1 Å². The summed E-state index contributed by atoms with van der Waals surface area (Å²) in [5.41, 5.74) is 0. The summed E-state index contributed by atoms with van der Waals surface area (Å²) in [7, 11) is 0. The minimum absolute atomic E-state index is 0.0278. The zero-order valence-corrected chi connectivity index (χ0v) is 19.1. The monoisotopic (exact) mass is 536 g/mol. The number of esters is 2. The zero-order chi connectivity index (χ0) is 22.6. The number of hydrogen-bond donors (Lipinski definition) is 4. The van der Waals surface area contributed by atoms with E-state index < -0.39 is 37.9 Å². The van der Waals surface area contributed by atoms with Crippen molar-refractivity contribution in [1.82, 2.24) is 0 Å². The number of aliphatic hydroxyl groups is 4. The summed E-state index contributed by atoms with van der Waals surface area (Å²) < 4.78 is 7.27. The summed E-state index contributed by atoms with van der Waals surface area (Å²) >= 11 is 36.9. The van der Waals surface area contributed by atoms with E-state index in [9.17, 15) is 9.59 Å². The molecule has 1 aliphatic heterocycles. The molecule has 29 heavy (non-hydrogen) atoms. The zero-order valence-electron chi connectivity index (χ0n) is 14.6. The van der Waals surface area contributed by atoms with Crippen LogP contribution in [0.15, 0.2) is 10.1 Å². The molecule has 1 saturated heterocycles. The van der Waals surface area contributed by atoms with Gasteiger partial charge in [-0.2, -0.15) is 0 Å². The van der Waals surface area contributed by atoms with Crippen LogP contribution in [0.4, 0.5) is 0 Å². The average molecular weight is 539 g/mol. The quantitative estimate of drug-likeness (QED) is 0.177. The van der Waals surface area contributed by atoms with Crippen LogP contribution < -0.4 is 0 Å². The molecule has 0 aromatic carbocycles. The fourth-order valence-electron chi connectivity index (χ4n) is 3.04. The van der Waals surface area contributed by atoms with E-state index in [1.54, 1.807) is 0 Å². The first-order chi connectivity index (χ1) is 13.4. The van der Waals surface area contributed by atoms with Gasteiger partial charge in [-0.1, -0.05) is 46.4 Å². The summed E-state index contributed by atoms with van der Waals surface area (Å²) in [6, 6.07) is 0. The van der Waals surface area contributed by atoms with Gasteiger partial charge in [-0.15, -0.1) is 23.2 Å². The first-order valence-electron chi connectivity index (χ1n) is 8.03. The highest BCUT2D eigenvalue weighted by Gasteiger charge is 2.87. The van der Waals surface area contributed by atoms with Gasteiger partial charge in [-0.25, -0.2) is 0 Å². The molecule has 2 fully saturated rings. The van der Waals surface area contributed by atoms with Crippen LogP contribution >= 0.6 is 69.6 Å². The lowest BCUT2D eigenvalue weighted by atomic mass is 9.84. The van der Waals surface area contributed by atoms with Crippen molar-refractivity contribution < 1.29 is 39.5 Å². The van der Waals surface area contributed by atoms with Crippen LogP contribution in [0.3, 0.4) is 0 Å². The van der Waals surface area contributed by atoms with Gasteiger partial charge in [-0.05, 0) is 0 Å². The second kappa shape index (κ2) is 10.8. The summed E-state index contributed by atoms with van der Waals surface area (Å²) in [4.78, 5) is 19.9. The normalized spacial score (nSPS) is 33.6. The predicted octanol–water partition coefficient (Wildman–Crippen LogP) is 1.11. The Morgan fingerprint density at radius 1 is 0.759 bits per heavy atom. The van der Waals surface area contributed by atoms with Crippen molar-refractivity contribution in [3.05, 3.63) is 10.1 Å². The number of carbonyl (C=O) groups is 2. The molecule has 4 N–H and O–H groups in total.